The molecule has 7 heteroatoms. The van der Waals surface area contributed by atoms with E-state index in [2.05, 4.69) is 38.2 Å². The molecule has 17 heavy (non-hydrogen) atoms. The van der Waals surface area contributed by atoms with Crippen molar-refractivity contribution in [3.05, 3.63) is 38.6 Å². The van der Waals surface area contributed by atoms with Gasteiger partial charge in [-0.3, -0.25) is 9.48 Å². The Labute approximate surface area is 116 Å². The molecule has 0 unspecified atom stereocenters. The molecule has 1 amide bonds. The van der Waals surface area contributed by atoms with Gasteiger partial charge in [0.25, 0.3) is 5.91 Å². The summed E-state index contributed by atoms with van der Waals surface area (Å²) >= 11 is 7.89. The first-order valence-corrected chi connectivity index (χ1v) is 6.14. The summed E-state index contributed by atoms with van der Waals surface area (Å²) in [7, 11) is 1.73. The molecule has 2 rings (SSSR count). The molecule has 88 valence electrons. The normalized spacial score (nSPS) is 10.3. The highest BCUT2D eigenvalue weighted by Crippen LogP contribution is 2.18. The number of aromatic nitrogens is 3. The minimum Gasteiger partial charge on any atom is -0.304 e. The zero-order valence-corrected chi connectivity index (χ0v) is 11.7. The number of benzene rings is 1. The number of nitrogens with one attached hydrogen (secondary N) is 1. The van der Waals surface area contributed by atoms with Crippen LogP contribution >= 0.6 is 34.2 Å². The molecular weight excluding hydrogens is 354 g/mol. The maximum absolute atomic E-state index is 11.9. The Morgan fingerprint density at radius 1 is 1.53 bits per heavy atom. The van der Waals surface area contributed by atoms with Gasteiger partial charge in [0.1, 0.15) is 0 Å². The van der Waals surface area contributed by atoms with Crippen molar-refractivity contribution in [3.8, 4) is 0 Å². The zero-order chi connectivity index (χ0) is 12.4. The second-order valence-electron chi connectivity index (χ2n) is 3.36. The first kappa shape index (κ1) is 12.3. The van der Waals surface area contributed by atoms with Crippen molar-refractivity contribution in [2.75, 3.05) is 5.32 Å². The van der Waals surface area contributed by atoms with Gasteiger partial charge in [-0.2, -0.15) is 0 Å². The number of hydrogen-bond acceptors (Lipinski definition) is 3. The molecule has 0 fully saturated rings. The van der Waals surface area contributed by atoms with Crippen molar-refractivity contribution < 1.29 is 4.79 Å². The van der Waals surface area contributed by atoms with E-state index in [-0.39, 0.29) is 5.91 Å². The Morgan fingerprint density at radius 2 is 2.29 bits per heavy atom. The lowest BCUT2D eigenvalue weighted by Crippen LogP contribution is -2.13. The van der Waals surface area contributed by atoms with E-state index in [1.165, 1.54) is 4.68 Å². The Balaban J connectivity index is 2.20. The van der Waals surface area contributed by atoms with Gasteiger partial charge in [-0.15, -0.1) is 5.10 Å². The molecular formula is C10H8ClIN4O. The van der Waals surface area contributed by atoms with Crippen molar-refractivity contribution >= 4 is 45.9 Å². The van der Waals surface area contributed by atoms with Crippen LogP contribution in [0.5, 0.6) is 0 Å². The lowest BCUT2D eigenvalue weighted by molar-refractivity contribution is 0.102. The van der Waals surface area contributed by atoms with E-state index in [0.717, 1.165) is 3.57 Å². The van der Waals surface area contributed by atoms with Crippen molar-refractivity contribution in [2.45, 2.75) is 0 Å². The summed E-state index contributed by atoms with van der Waals surface area (Å²) in [4.78, 5) is 11.9. The average Bonchev–Trinajstić information content (AvgIpc) is 2.63. The Hall–Kier alpha value is -1.15. The topological polar surface area (TPSA) is 59.8 Å². The first-order valence-electron chi connectivity index (χ1n) is 4.69. The predicted molar refractivity (Wildman–Crippen MR) is 73.1 cm³/mol. The molecule has 1 N–H and O–H groups in total. The van der Waals surface area contributed by atoms with Gasteiger partial charge in [-0.25, -0.2) is 0 Å². The van der Waals surface area contributed by atoms with Crippen molar-refractivity contribution in [3.63, 3.8) is 0 Å². The summed E-state index contributed by atoms with van der Waals surface area (Å²) in [6.45, 7) is 0. The fourth-order valence-electron chi connectivity index (χ4n) is 1.26. The maximum atomic E-state index is 11.9. The molecule has 2 aromatic rings. The molecule has 1 aromatic heterocycles. The van der Waals surface area contributed by atoms with Crippen LogP contribution in [0.2, 0.25) is 5.02 Å². The van der Waals surface area contributed by atoms with E-state index >= 15 is 0 Å². The number of hydrogen-bond donors (Lipinski definition) is 1. The van der Waals surface area contributed by atoms with Gasteiger partial charge in [-0.05, 0) is 40.8 Å². The van der Waals surface area contributed by atoms with Gasteiger partial charge in [0.15, 0.2) is 5.82 Å². The second kappa shape index (κ2) is 5.01. The monoisotopic (exact) mass is 362 g/mol. The third kappa shape index (κ3) is 2.95. The van der Waals surface area contributed by atoms with Crippen LogP contribution in [-0.4, -0.2) is 20.9 Å². The summed E-state index contributed by atoms with van der Waals surface area (Å²) in [6.07, 6.45) is 1.63. The molecule has 0 saturated heterocycles. The highest BCUT2D eigenvalue weighted by molar-refractivity contribution is 14.1. The molecule has 0 aliphatic heterocycles. The first-order chi connectivity index (χ1) is 8.06. The van der Waals surface area contributed by atoms with Crippen molar-refractivity contribution in [1.82, 2.24) is 15.0 Å². The number of amides is 1. The minimum absolute atomic E-state index is 0.230. The molecule has 0 radical (unpaired) electrons. The van der Waals surface area contributed by atoms with Gasteiger partial charge in [0.05, 0.1) is 11.8 Å². The van der Waals surface area contributed by atoms with Crippen LogP contribution in [0.25, 0.3) is 0 Å². The average molecular weight is 363 g/mol. The van der Waals surface area contributed by atoms with Crippen LogP contribution in [0, 0.1) is 3.57 Å². The highest BCUT2D eigenvalue weighted by atomic mass is 127. The van der Waals surface area contributed by atoms with Gasteiger partial charge < -0.3 is 5.32 Å². The van der Waals surface area contributed by atoms with Gasteiger partial charge >= 0.3 is 0 Å². The highest BCUT2D eigenvalue weighted by Gasteiger charge is 2.11. The Morgan fingerprint density at radius 3 is 2.88 bits per heavy atom. The van der Waals surface area contributed by atoms with E-state index < -0.39 is 0 Å². The van der Waals surface area contributed by atoms with E-state index in [9.17, 15) is 4.79 Å². The van der Waals surface area contributed by atoms with Gasteiger partial charge in [0.2, 0.25) is 0 Å². The lowest BCUT2D eigenvalue weighted by atomic mass is 10.2. The molecule has 0 bridgehead atoms. The lowest BCUT2D eigenvalue weighted by Gasteiger charge is -2.04. The van der Waals surface area contributed by atoms with Crippen LogP contribution in [0.3, 0.4) is 0 Å². The van der Waals surface area contributed by atoms with Crippen LogP contribution in [0.4, 0.5) is 5.82 Å². The molecule has 0 saturated carbocycles. The largest absolute Gasteiger partial charge is 0.304 e. The SMILES string of the molecule is Cn1cc(NC(=O)c2ccc(Cl)cc2I)nn1. The molecule has 0 aliphatic rings. The quantitative estimate of drug-likeness (QED) is 0.834. The van der Waals surface area contributed by atoms with Crippen LogP contribution in [0.1, 0.15) is 10.4 Å². The standard InChI is InChI=1S/C10H8ClIN4O/c1-16-5-9(14-15-16)13-10(17)7-3-2-6(11)4-8(7)12/h2-5H,1H3,(H,13,17). The van der Waals surface area contributed by atoms with Gasteiger partial charge in [0, 0.05) is 15.6 Å². The van der Waals surface area contributed by atoms with E-state index in [0.29, 0.717) is 16.4 Å². The molecule has 0 aliphatic carbocycles. The van der Waals surface area contributed by atoms with Crippen LogP contribution in [-0.2, 0) is 7.05 Å². The summed E-state index contributed by atoms with van der Waals surface area (Å²) in [5.41, 5.74) is 0.556. The summed E-state index contributed by atoms with van der Waals surface area (Å²) in [5, 5.41) is 10.8. The molecule has 1 aromatic carbocycles. The van der Waals surface area contributed by atoms with Crippen molar-refractivity contribution in [2.24, 2.45) is 7.05 Å². The van der Waals surface area contributed by atoms with E-state index in [4.69, 9.17) is 11.6 Å². The third-order valence-corrected chi connectivity index (χ3v) is 3.15. The third-order valence-electron chi connectivity index (χ3n) is 2.02. The molecule has 0 atom stereocenters. The number of rotatable bonds is 2. The summed E-state index contributed by atoms with van der Waals surface area (Å²) < 4.78 is 2.30. The number of anilines is 1. The Kier molecular flexibility index (Phi) is 3.63. The second-order valence-corrected chi connectivity index (χ2v) is 4.95. The smallest absolute Gasteiger partial charge is 0.257 e. The minimum atomic E-state index is -0.230. The number of carbonyl (C=O) groups is 1. The number of halogens is 2. The Bertz CT molecular complexity index is 569. The molecule has 0 spiro atoms. The summed E-state index contributed by atoms with van der Waals surface area (Å²) in [5.74, 6) is 0.190. The van der Waals surface area contributed by atoms with Crippen LogP contribution in [0.15, 0.2) is 24.4 Å². The number of nitrogens with zero attached hydrogens (tertiary/aromatic N) is 3. The number of aryl methyl sites for hydroxylation is 1. The zero-order valence-electron chi connectivity index (χ0n) is 8.82. The fraction of sp³-hybridized carbons (Fsp3) is 0.100. The van der Waals surface area contributed by atoms with Crippen molar-refractivity contribution in [1.29, 1.82) is 0 Å². The number of carbonyl (C=O) groups excluding carboxylic acids is 1. The summed E-state index contributed by atoms with van der Waals surface area (Å²) in [6, 6.07) is 5.08. The fourth-order valence-corrected chi connectivity index (χ4v) is 2.38. The van der Waals surface area contributed by atoms with Gasteiger partial charge in [-0.1, -0.05) is 16.8 Å². The van der Waals surface area contributed by atoms with E-state index in [1.807, 2.05) is 0 Å². The van der Waals surface area contributed by atoms with E-state index in [1.54, 1.807) is 31.4 Å². The predicted octanol–water partition coefficient (Wildman–Crippen LogP) is 2.33. The molecule has 1 heterocycles. The molecule has 5 nitrogen and oxygen atoms in total. The maximum Gasteiger partial charge on any atom is 0.257 e. The van der Waals surface area contributed by atoms with Crippen LogP contribution < -0.4 is 5.32 Å².